The number of phosphoric ester groups is 1. The Hall–Kier alpha value is -1.28. The van der Waals surface area contributed by atoms with Crippen molar-refractivity contribution in [1.29, 1.82) is 0 Å². The van der Waals surface area contributed by atoms with E-state index in [1.54, 1.807) is 0 Å². The van der Waals surface area contributed by atoms with E-state index in [2.05, 4.69) is 50.3 Å². The van der Waals surface area contributed by atoms with Gasteiger partial charge in [0.2, 0.25) is 0 Å². The first-order valence-electron chi connectivity index (χ1n) is 21.5. The molecule has 0 rings (SSSR count). The molecule has 0 bridgehead atoms. The van der Waals surface area contributed by atoms with E-state index in [0.29, 0.717) is 13.0 Å². The van der Waals surface area contributed by atoms with Crippen LogP contribution in [0.4, 0.5) is 0 Å². The third kappa shape index (κ3) is 39.9. The van der Waals surface area contributed by atoms with Crippen LogP contribution in [-0.4, -0.2) is 49.9 Å². The maximum absolute atomic E-state index is 12.6. The molecular weight excluding hydrogens is 673 g/mol. The average molecular weight is 756 g/mol. The van der Waals surface area contributed by atoms with Gasteiger partial charge in [0.05, 0.1) is 19.8 Å². The summed E-state index contributed by atoms with van der Waals surface area (Å²) in [4.78, 5) is 22.5. The molecule has 0 aliphatic rings. The third-order valence-corrected chi connectivity index (χ3v) is 10.1. The van der Waals surface area contributed by atoms with Crippen LogP contribution in [0.1, 0.15) is 194 Å². The number of carbonyl (C=O) groups is 1. The topological polar surface area (TPSA) is 117 Å². The van der Waals surface area contributed by atoms with Crippen molar-refractivity contribution < 1.29 is 32.8 Å². The summed E-state index contributed by atoms with van der Waals surface area (Å²) in [7, 11) is -4.27. The molecule has 8 nitrogen and oxygen atoms in total. The normalized spacial score (nSPS) is 13.8. The summed E-state index contributed by atoms with van der Waals surface area (Å²) in [6.07, 6.45) is 45.8. The molecule has 0 radical (unpaired) electrons. The molecule has 0 saturated carbocycles. The second kappa shape index (κ2) is 40.9. The van der Waals surface area contributed by atoms with E-state index in [-0.39, 0.29) is 32.3 Å². The van der Waals surface area contributed by atoms with Crippen molar-refractivity contribution in [3.05, 3.63) is 36.5 Å². The summed E-state index contributed by atoms with van der Waals surface area (Å²) in [6, 6.07) is 0. The number of allylic oxidation sites excluding steroid dienone is 6. The predicted molar refractivity (Wildman–Crippen MR) is 220 cm³/mol. The Balaban J connectivity index is 4.02. The summed E-state index contributed by atoms with van der Waals surface area (Å²) >= 11 is 0. The summed E-state index contributed by atoms with van der Waals surface area (Å²) in [5.74, 6) is -0.332. The van der Waals surface area contributed by atoms with E-state index in [1.807, 2.05) is 0 Å². The second-order valence-corrected chi connectivity index (χ2v) is 15.6. The minimum absolute atomic E-state index is 0.0962. The zero-order valence-corrected chi connectivity index (χ0v) is 34.7. The highest BCUT2D eigenvalue weighted by Crippen LogP contribution is 2.43. The fourth-order valence-corrected chi connectivity index (χ4v) is 6.72. The van der Waals surface area contributed by atoms with Gasteiger partial charge in [0.15, 0.2) is 0 Å². The predicted octanol–water partition coefficient (Wildman–Crippen LogP) is 12.6. The first-order chi connectivity index (χ1) is 25.4. The molecule has 0 aromatic heterocycles. The van der Waals surface area contributed by atoms with Crippen LogP contribution in [0.3, 0.4) is 0 Å². The molecule has 0 saturated heterocycles. The van der Waals surface area contributed by atoms with Crippen molar-refractivity contribution in [3.63, 3.8) is 0 Å². The smallest absolute Gasteiger partial charge is 0.457 e. The van der Waals surface area contributed by atoms with Gasteiger partial charge in [-0.15, -0.1) is 0 Å². The molecule has 0 aliphatic heterocycles. The number of carbonyl (C=O) groups excluding carboxylic acids is 1. The lowest BCUT2D eigenvalue weighted by atomic mass is 10.0. The van der Waals surface area contributed by atoms with Gasteiger partial charge in [-0.2, -0.15) is 0 Å². The number of hydrogen-bond donors (Lipinski definition) is 2. The summed E-state index contributed by atoms with van der Waals surface area (Å²) in [6.45, 7) is 4.82. The number of unbranched alkanes of at least 4 members (excludes halogenated alkanes) is 22. The van der Waals surface area contributed by atoms with Crippen molar-refractivity contribution in [2.75, 3.05) is 33.0 Å². The van der Waals surface area contributed by atoms with E-state index in [1.165, 1.54) is 122 Å². The van der Waals surface area contributed by atoms with Crippen molar-refractivity contribution in [3.8, 4) is 0 Å². The Bertz CT molecular complexity index is 895. The van der Waals surface area contributed by atoms with Crippen LogP contribution in [0.15, 0.2) is 36.5 Å². The Labute approximate surface area is 320 Å². The molecule has 0 aromatic carbocycles. The molecule has 0 aliphatic carbocycles. The van der Waals surface area contributed by atoms with Crippen molar-refractivity contribution in [2.45, 2.75) is 200 Å². The van der Waals surface area contributed by atoms with Crippen molar-refractivity contribution in [2.24, 2.45) is 5.73 Å². The number of ether oxygens (including phenoxy) is 2. The van der Waals surface area contributed by atoms with E-state index >= 15 is 0 Å². The third-order valence-electron chi connectivity index (χ3n) is 9.07. The van der Waals surface area contributed by atoms with Gasteiger partial charge in [-0.05, 0) is 44.9 Å². The molecule has 3 N–H and O–H groups in total. The van der Waals surface area contributed by atoms with Gasteiger partial charge in [-0.25, -0.2) is 4.57 Å². The SMILES string of the molecule is CC/C=C\C/C=C\C/C=C\CCCCCCCCCCOCC(COP(=O)(O)OCCN)OC(=O)CCCCCCCCCCCCCCCCC. The van der Waals surface area contributed by atoms with Crippen LogP contribution < -0.4 is 5.73 Å². The van der Waals surface area contributed by atoms with Crippen molar-refractivity contribution in [1.82, 2.24) is 0 Å². The highest BCUT2D eigenvalue weighted by molar-refractivity contribution is 7.47. The molecule has 0 spiro atoms. The van der Waals surface area contributed by atoms with Gasteiger partial charge < -0.3 is 20.1 Å². The van der Waals surface area contributed by atoms with Gasteiger partial charge in [0.25, 0.3) is 0 Å². The lowest BCUT2D eigenvalue weighted by Gasteiger charge is -2.20. The minimum atomic E-state index is -4.27. The summed E-state index contributed by atoms with van der Waals surface area (Å²) < 4.78 is 33.4. The fourth-order valence-electron chi connectivity index (χ4n) is 5.95. The Morgan fingerprint density at radius 3 is 1.62 bits per heavy atom. The van der Waals surface area contributed by atoms with E-state index in [0.717, 1.165) is 51.4 Å². The lowest BCUT2D eigenvalue weighted by molar-refractivity contribution is -0.154. The number of hydrogen-bond acceptors (Lipinski definition) is 7. The summed E-state index contributed by atoms with van der Waals surface area (Å²) in [5.41, 5.74) is 5.37. The number of nitrogens with two attached hydrogens (primary N) is 1. The maximum Gasteiger partial charge on any atom is 0.472 e. The number of phosphoric acid groups is 1. The van der Waals surface area contributed by atoms with E-state index < -0.39 is 13.9 Å². The van der Waals surface area contributed by atoms with Crippen LogP contribution in [0.5, 0.6) is 0 Å². The highest BCUT2D eigenvalue weighted by atomic mass is 31.2. The van der Waals surface area contributed by atoms with Crippen LogP contribution in [0.25, 0.3) is 0 Å². The molecule has 2 unspecified atom stereocenters. The average Bonchev–Trinajstić information content (AvgIpc) is 3.13. The van der Waals surface area contributed by atoms with E-state index in [9.17, 15) is 14.3 Å². The molecule has 0 fully saturated rings. The molecule has 0 heterocycles. The molecule has 306 valence electrons. The van der Waals surface area contributed by atoms with Crippen molar-refractivity contribution >= 4 is 13.8 Å². The van der Waals surface area contributed by atoms with Gasteiger partial charge in [-0.3, -0.25) is 13.8 Å². The van der Waals surface area contributed by atoms with Gasteiger partial charge >= 0.3 is 13.8 Å². The largest absolute Gasteiger partial charge is 0.472 e. The quantitative estimate of drug-likeness (QED) is 0.0274. The maximum atomic E-state index is 12.6. The Morgan fingerprint density at radius 2 is 1.08 bits per heavy atom. The van der Waals surface area contributed by atoms with Gasteiger partial charge in [0.1, 0.15) is 6.10 Å². The standard InChI is InChI=1S/C43H82NO7P/c1-3-5-7-9-11-13-15-17-19-20-21-23-25-27-29-31-33-35-38-48-40-42(41-50-52(46,47)49-39-37-44)51-43(45)36-34-32-30-28-26-24-22-18-16-14-12-10-8-6-4-2/h5,7,11,13,17,19,42H,3-4,6,8-10,12,14-16,18,20-41,44H2,1-2H3,(H,46,47)/b7-5-,13-11-,19-17-. The molecule has 0 amide bonds. The number of rotatable bonds is 41. The van der Waals surface area contributed by atoms with Crippen LogP contribution >= 0.6 is 7.82 Å². The first kappa shape index (κ1) is 50.7. The van der Waals surface area contributed by atoms with Crippen LogP contribution in [0, 0.1) is 0 Å². The molecule has 2 atom stereocenters. The van der Waals surface area contributed by atoms with Gasteiger partial charge in [-0.1, -0.05) is 179 Å². The molecule has 0 aromatic rings. The number of esters is 1. The molecular formula is C43H82NO7P. The molecule has 52 heavy (non-hydrogen) atoms. The lowest BCUT2D eigenvalue weighted by Crippen LogP contribution is -2.28. The van der Waals surface area contributed by atoms with Gasteiger partial charge in [0, 0.05) is 19.6 Å². The first-order valence-corrected chi connectivity index (χ1v) is 23.0. The highest BCUT2D eigenvalue weighted by Gasteiger charge is 2.25. The fraction of sp³-hybridized carbons (Fsp3) is 0.837. The minimum Gasteiger partial charge on any atom is -0.457 e. The molecule has 9 heteroatoms. The summed E-state index contributed by atoms with van der Waals surface area (Å²) in [5, 5.41) is 0. The monoisotopic (exact) mass is 756 g/mol. The zero-order chi connectivity index (χ0) is 38.1. The Morgan fingerprint density at radius 1 is 0.596 bits per heavy atom. The van der Waals surface area contributed by atoms with Crippen LogP contribution in [-0.2, 0) is 27.9 Å². The zero-order valence-electron chi connectivity index (χ0n) is 33.8. The Kier molecular flexibility index (Phi) is 39.9. The second-order valence-electron chi connectivity index (χ2n) is 14.2. The van der Waals surface area contributed by atoms with E-state index in [4.69, 9.17) is 24.3 Å². The van der Waals surface area contributed by atoms with Crippen LogP contribution in [0.2, 0.25) is 0 Å².